The van der Waals surface area contributed by atoms with Crippen LogP contribution in [0, 0.1) is 0 Å². The van der Waals surface area contributed by atoms with E-state index >= 15 is 0 Å². The molecule has 3 heteroatoms. The van der Waals surface area contributed by atoms with Crippen molar-refractivity contribution in [3.8, 4) is 0 Å². The summed E-state index contributed by atoms with van der Waals surface area (Å²) in [6.07, 6.45) is 0.700. The van der Waals surface area contributed by atoms with Crippen molar-refractivity contribution < 1.29 is 9.90 Å². The Balaban J connectivity index is 0.000000299. The second-order valence-corrected chi connectivity index (χ2v) is 6.69. The number of hydrogen-bond donors (Lipinski definition) is 1. The lowest BCUT2D eigenvalue weighted by molar-refractivity contribution is -0.149. The number of hydrogen-bond acceptors (Lipinski definition) is 2. The summed E-state index contributed by atoms with van der Waals surface area (Å²) in [7, 11) is 0. The average Bonchev–Trinajstić information content (AvgIpc) is 2.73. The summed E-state index contributed by atoms with van der Waals surface area (Å²) in [5.74, 6) is 0.0902. The maximum absolute atomic E-state index is 12.4. The summed E-state index contributed by atoms with van der Waals surface area (Å²) in [5, 5.41) is 9.96. The molecule has 1 amide bonds. The maximum Gasteiger partial charge on any atom is 0.227 e. The number of aliphatic hydroxyl groups excluding tert-OH is 1. The number of amides is 1. The predicted molar refractivity (Wildman–Crippen MR) is 108 cm³/mol. The lowest BCUT2D eigenvalue weighted by atomic mass is 9.91. The normalized spacial score (nSPS) is 18.0. The van der Waals surface area contributed by atoms with Crippen molar-refractivity contribution in [2.45, 2.75) is 25.0 Å². The maximum atomic E-state index is 12.4. The highest BCUT2D eigenvalue weighted by Crippen LogP contribution is 2.23. The van der Waals surface area contributed by atoms with Crippen molar-refractivity contribution in [3.05, 3.63) is 108 Å². The van der Waals surface area contributed by atoms with E-state index in [1.54, 1.807) is 4.90 Å². The number of rotatable bonds is 4. The molecule has 2 atom stereocenters. The van der Waals surface area contributed by atoms with Crippen LogP contribution in [-0.4, -0.2) is 34.6 Å². The van der Waals surface area contributed by atoms with Crippen LogP contribution in [0.5, 0.6) is 0 Å². The largest absolute Gasteiger partial charge is 0.389 e. The monoisotopic (exact) mass is 359 g/mol. The van der Waals surface area contributed by atoms with Crippen LogP contribution in [0.25, 0.3) is 0 Å². The Kier molecular flexibility index (Phi) is 6.78. The second kappa shape index (κ2) is 9.70. The molecule has 1 aliphatic heterocycles. The van der Waals surface area contributed by atoms with E-state index in [9.17, 15) is 9.90 Å². The fourth-order valence-corrected chi connectivity index (χ4v) is 3.17. The van der Waals surface area contributed by atoms with Crippen LogP contribution in [0.4, 0.5) is 0 Å². The van der Waals surface area contributed by atoms with Crippen LogP contribution >= 0.6 is 0 Å². The van der Waals surface area contributed by atoms with Crippen molar-refractivity contribution in [1.82, 2.24) is 4.90 Å². The van der Waals surface area contributed by atoms with E-state index in [0.717, 1.165) is 11.1 Å². The molecule has 0 bridgehead atoms. The SMILES string of the molecule is O=C(Cc1ccccc1)N1CC(O)C1Cc1ccccc1.c1ccccc1. The van der Waals surface area contributed by atoms with E-state index in [0.29, 0.717) is 19.4 Å². The molecule has 27 heavy (non-hydrogen) atoms. The number of benzene rings is 3. The minimum atomic E-state index is -0.412. The number of β-amino-alcohol motifs (C(OH)–C–C–N with tert-alkyl or cyclic N) is 1. The van der Waals surface area contributed by atoms with Crippen molar-refractivity contribution in [1.29, 1.82) is 0 Å². The van der Waals surface area contributed by atoms with Crippen LogP contribution in [-0.2, 0) is 17.6 Å². The summed E-state index contributed by atoms with van der Waals surface area (Å²) in [6, 6.07) is 31.6. The molecule has 1 N–H and O–H groups in total. The molecule has 1 heterocycles. The smallest absolute Gasteiger partial charge is 0.227 e. The highest BCUT2D eigenvalue weighted by atomic mass is 16.3. The number of nitrogens with zero attached hydrogens (tertiary/aromatic N) is 1. The van der Waals surface area contributed by atoms with Gasteiger partial charge in [-0.2, -0.15) is 0 Å². The topological polar surface area (TPSA) is 40.5 Å². The number of carbonyl (C=O) groups is 1. The second-order valence-electron chi connectivity index (χ2n) is 6.69. The molecule has 2 unspecified atom stereocenters. The molecule has 1 saturated heterocycles. The van der Waals surface area contributed by atoms with E-state index in [4.69, 9.17) is 0 Å². The molecule has 1 aliphatic rings. The Morgan fingerprint density at radius 2 is 1.22 bits per heavy atom. The molecule has 0 aromatic heterocycles. The molecule has 0 radical (unpaired) electrons. The Morgan fingerprint density at radius 3 is 1.70 bits per heavy atom. The summed E-state index contributed by atoms with van der Waals surface area (Å²) in [4.78, 5) is 14.2. The highest BCUT2D eigenvalue weighted by Gasteiger charge is 2.40. The van der Waals surface area contributed by atoms with Crippen LogP contribution < -0.4 is 0 Å². The van der Waals surface area contributed by atoms with Crippen LogP contribution in [0.3, 0.4) is 0 Å². The molecular formula is C24H25NO2. The van der Waals surface area contributed by atoms with Gasteiger partial charge >= 0.3 is 0 Å². The Hall–Kier alpha value is -2.91. The highest BCUT2D eigenvalue weighted by molar-refractivity contribution is 5.80. The molecule has 3 nitrogen and oxygen atoms in total. The van der Waals surface area contributed by atoms with Crippen molar-refractivity contribution in [3.63, 3.8) is 0 Å². The minimum absolute atomic E-state index is 0.0902. The van der Waals surface area contributed by atoms with Gasteiger partial charge in [-0.3, -0.25) is 4.79 Å². The summed E-state index contributed by atoms with van der Waals surface area (Å²) in [5.41, 5.74) is 2.17. The standard InChI is InChI=1S/C18H19NO2.C6H6/c20-17-13-19(16(17)11-14-7-3-1-4-8-14)18(21)12-15-9-5-2-6-10-15;1-2-4-6-5-3-1/h1-10,16-17,20H,11-13H2;1-6H. The lowest BCUT2D eigenvalue weighted by Gasteiger charge is -2.45. The molecular weight excluding hydrogens is 334 g/mol. The molecule has 0 saturated carbocycles. The molecule has 1 fully saturated rings. The van der Waals surface area contributed by atoms with E-state index < -0.39 is 6.10 Å². The van der Waals surface area contributed by atoms with Gasteiger partial charge in [0, 0.05) is 6.54 Å². The van der Waals surface area contributed by atoms with Gasteiger partial charge < -0.3 is 10.0 Å². The third kappa shape index (κ3) is 5.53. The van der Waals surface area contributed by atoms with Gasteiger partial charge in [0.1, 0.15) is 0 Å². The quantitative estimate of drug-likeness (QED) is 0.771. The fourth-order valence-electron chi connectivity index (χ4n) is 3.17. The van der Waals surface area contributed by atoms with E-state index in [1.165, 1.54) is 0 Å². The summed E-state index contributed by atoms with van der Waals surface area (Å²) < 4.78 is 0. The predicted octanol–water partition coefficient (Wildman–Crippen LogP) is 3.73. The zero-order valence-corrected chi connectivity index (χ0v) is 15.3. The third-order valence-corrected chi connectivity index (χ3v) is 4.70. The van der Waals surface area contributed by atoms with Gasteiger partial charge in [0.15, 0.2) is 0 Å². The number of aliphatic hydroxyl groups is 1. The van der Waals surface area contributed by atoms with Crippen molar-refractivity contribution >= 4 is 5.91 Å². The molecule has 0 spiro atoms. The first-order valence-corrected chi connectivity index (χ1v) is 9.29. The van der Waals surface area contributed by atoms with Crippen LogP contribution in [0.15, 0.2) is 97.1 Å². The molecule has 138 valence electrons. The van der Waals surface area contributed by atoms with E-state index in [1.807, 2.05) is 97.1 Å². The first-order valence-electron chi connectivity index (χ1n) is 9.29. The Morgan fingerprint density at radius 1 is 0.778 bits per heavy atom. The van der Waals surface area contributed by atoms with Crippen LogP contribution in [0.1, 0.15) is 11.1 Å². The number of likely N-dealkylation sites (tertiary alicyclic amines) is 1. The van der Waals surface area contributed by atoms with Crippen molar-refractivity contribution in [2.24, 2.45) is 0 Å². The molecule has 3 aromatic rings. The summed E-state index contributed by atoms with van der Waals surface area (Å²) >= 11 is 0. The first kappa shape index (κ1) is 18.9. The van der Waals surface area contributed by atoms with Gasteiger partial charge in [0.25, 0.3) is 0 Å². The lowest BCUT2D eigenvalue weighted by Crippen LogP contribution is -2.63. The van der Waals surface area contributed by atoms with Gasteiger partial charge in [-0.25, -0.2) is 0 Å². The molecule has 0 aliphatic carbocycles. The van der Waals surface area contributed by atoms with Gasteiger partial charge in [0.05, 0.1) is 18.6 Å². The minimum Gasteiger partial charge on any atom is -0.389 e. The van der Waals surface area contributed by atoms with Gasteiger partial charge in [-0.1, -0.05) is 97.1 Å². The fraction of sp³-hybridized carbons (Fsp3) is 0.208. The van der Waals surface area contributed by atoms with Gasteiger partial charge in [0.2, 0.25) is 5.91 Å². The average molecular weight is 359 g/mol. The third-order valence-electron chi connectivity index (χ3n) is 4.70. The van der Waals surface area contributed by atoms with Crippen molar-refractivity contribution in [2.75, 3.05) is 6.54 Å². The zero-order chi connectivity index (χ0) is 18.9. The Bertz CT molecular complexity index is 779. The molecule has 3 aromatic carbocycles. The first-order chi connectivity index (χ1) is 13.2. The Labute approximate surface area is 160 Å². The number of carbonyl (C=O) groups excluding carboxylic acids is 1. The summed E-state index contributed by atoms with van der Waals surface area (Å²) in [6.45, 7) is 0.448. The van der Waals surface area contributed by atoms with Crippen LogP contribution in [0.2, 0.25) is 0 Å². The van der Waals surface area contributed by atoms with Gasteiger partial charge in [-0.15, -0.1) is 0 Å². The van der Waals surface area contributed by atoms with E-state index in [-0.39, 0.29) is 11.9 Å². The zero-order valence-electron chi connectivity index (χ0n) is 15.3. The molecule has 4 rings (SSSR count). The van der Waals surface area contributed by atoms with Gasteiger partial charge in [-0.05, 0) is 17.5 Å². The van der Waals surface area contributed by atoms with E-state index in [2.05, 4.69) is 0 Å².